The first kappa shape index (κ1) is 15.4. The van der Waals surface area contributed by atoms with E-state index in [0.717, 1.165) is 33.1 Å². The Morgan fingerprint density at radius 2 is 2.08 bits per heavy atom. The fraction of sp³-hybridized carbons (Fsp3) is 0.389. The molecular weight excluding hydrogens is 320 g/mol. The number of fused-ring (bicyclic) bond motifs is 1. The number of carbonyl (C=O) groups is 1. The number of rotatable bonds is 5. The van der Waals surface area contributed by atoms with Crippen LogP contribution < -0.4 is 0 Å². The maximum absolute atomic E-state index is 13.0. The van der Waals surface area contributed by atoms with Crippen molar-refractivity contribution in [2.45, 2.75) is 43.0 Å². The van der Waals surface area contributed by atoms with E-state index in [1.54, 1.807) is 0 Å². The second-order valence-corrected chi connectivity index (χ2v) is 7.78. The van der Waals surface area contributed by atoms with Crippen LogP contribution in [0.15, 0.2) is 29.4 Å². The smallest absolute Gasteiger partial charge is 0.191 e. The van der Waals surface area contributed by atoms with Gasteiger partial charge in [0.15, 0.2) is 10.9 Å². The molecule has 1 N–H and O–H groups in total. The number of carbonyl (C=O) groups excluding carboxylic acids is 1. The molecule has 1 aliphatic rings. The average Bonchev–Trinajstić information content (AvgIpc) is 3.26. The van der Waals surface area contributed by atoms with E-state index in [0.29, 0.717) is 5.92 Å². The Morgan fingerprint density at radius 1 is 1.33 bits per heavy atom. The van der Waals surface area contributed by atoms with Gasteiger partial charge in [-0.2, -0.15) is 0 Å². The van der Waals surface area contributed by atoms with Crippen LogP contribution in [0, 0.1) is 6.92 Å². The lowest BCUT2D eigenvalue weighted by molar-refractivity contribution is 0.0995. The number of nitrogens with one attached hydrogen (secondary N) is 1. The lowest BCUT2D eigenvalue weighted by Gasteiger charge is -2.10. The minimum absolute atomic E-state index is 0.130. The molecule has 124 valence electrons. The minimum atomic E-state index is -0.210. The van der Waals surface area contributed by atoms with Crippen LogP contribution in [0.3, 0.4) is 0 Å². The first-order valence-corrected chi connectivity index (χ1v) is 9.11. The highest BCUT2D eigenvalue weighted by Gasteiger charge is 2.30. The van der Waals surface area contributed by atoms with Crippen molar-refractivity contribution in [3.8, 4) is 0 Å². The third-order valence-electron chi connectivity index (χ3n) is 4.60. The van der Waals surface area contributed by atoms with Crippen molar-refractivity contribution in [1.82, 2.24) is 19.7 Å². The van der Waals surface area contributed by atoms with Crippen LogP contribution in [0.2, 0.25) is 0 Å². The molecule has 0 aliphatic heterocycles. The number of benzene rings is 1. The van der Waals surface area contributed by atoms with Crippen molar-refractivity contribution in [2.24, 2.45) is 7.05 Å². The van der Waals surface area contributed by atoms with Crippen LogP contribution in [0.4, 0.5) is 0 Å². The number of Topliss-reactive ketones (excluding diaryl/α,β-unsaturated/α-hetero) is 1. The van der Waals surface area contributed by atoms with Gasteiger partial charge in [-0.3, -0.25) is 4.79 Å². The van der Waals surface area contributed by atoms with E-state index < -0.39 is 0 Å². The van der Waals surface area contributed by atoms with Gasteiger partial charge < -0.3 is 9.55 Å². The molecule has 2 aromatic heterocycles. The summed E-state index contributed by atoms with van der Waals surface area (Å²) in [6.07, 6.45) is 2.39. The highest BCUT2D eigenvalue weighted by molar-refractivity contribution is 8.00. The molecule has 0 spiro atoms. The summed E-state index contributed by atoms with van der Waals surface area (Å²) < 4.78 is 2.04. The van der Waals surface area contributed by atoms with Crippen LogP contribution in [0.5, 0.6) is 0 Å². The van der Waals surface area contributed by atoms with Gasteiger partial charge in [-0.25, -0.2) is 0 Å². The van der Waals surface area contributed by atoms with Crippen molar-refractivity contribution in [2.75, 3.05) is 0 Å². The summed E-state index contributed by atoms with van der Waals surface area (Å²) in [5.74, 6) is 1.73. The first-order valence-electron chi connectivity index (χ1n) is 8.23. The topological polar surface area (TPSA) is 63.6 Å². The maximum Gasteiger partial charge on any atom is 0.191 e. The van der Waals surface area contributed by atoms with E-state index in [1.807, 2.05) is 49.7 Å². The fourth-order valence-electron chi connectivity index (χ4n) is 3.13. The highest BCUT2D eigenvalue weighted by atomic mass is 32.2. The minimum Gasteiger partial charge on any atom is -0.358 e. The molecule has 1 aromatic carbocycles. The molecule has 0 amide bonds. The van der Waals surface area contributed by atoms with E-state index >= 15 is 0 Å². The normalized spacial score (nSPS) is 15.8. The molecule has 0 saturated heterocycles. The zero-order chi connectivity index (χ0) is 16.8. The van der Waals surface area contributed by atoms with Gasteiger partial charge in [-0.15, -0.1) is 10.2 Å². The molecule has 0 unspecified atom stereocenters. The number of aryl methyl sites for hydroxylation is 1. The Bertz CT molecular complexity index is 922. The number of para-hydroxylation sites is 1. The Hall–Kier alpha value is -2.08. The number of aromatic amines is 1. The zero-order valence-corrected chi connectivity index (χ0v) is 14.9. The number of nitrogens with zero attached hydrogens (tertiary/aromatic N) is 3. The van der Waals surface area contributed by atoms with Gasteiger partial charge in [-0.1, -0.05) is 30.0 Å². The van der Waals surface area contributed by atoms with E-state index in [4.69, 9.17) is 0 Å². The van der Waals surface area contributed by atoms with Gasteiger partial charge in [0.05, 0.1) is 5.25 Å². The molecule has 6 heteroatoms. The molecule has 5 nitrogen and oxygen atoms in total. The van der Waals surface area contributed by atoms with E-state index in [-0.39, 0.29) is 11.0 Å². The Kier molecular flexibility index (Phi) is 3.72. The molecule has 2 heterocycles. The molecule has 4 rings (SSSR count). The quantitative estimate of drug-likeness (QED) is 0.566. The van der Waals surface area contributed by atoms with Crippen molar-refractivity contribution in [1.29, 1.82) is 0 Å². The van der Waals surface area contributed by atoms with Crippen molar-refractivity contribution in [3.63, 3.8) is 0 Å². The zero-order valence-electron chi connectivity index (χ0n) is 14.0. The summed E-state index contributed by atoms with van der Waals surface area (Å²) in [6, 6.07) is 7.94. The maximum atomic E-state index is 13.0. The van der Waals surface area contributed by atoms with Gasteiger partial charge >= 0.3 is 0 Å². The summed E-state index contributed by atoms with van der Waals surface area (Å²) in [6.45, 7) is 3.90. The van der Waals surface area contributed by atoms with Crippen molar-refractivity contribution in [3.05, 3.63) is 41.3 Å². The molecule has 0 radical (unpaired) electrons. The Balaban J connectivity index is 1.60. The number of thioether (sulfide) groups is 1. The standard InChI is InChI=1S/C18H20N4OS/c1-10-15(13-6-4-5-7-14(13)19-10)16(23)11(2)24-18-21-20-17(22(18)3)12-8-9-12/h4-7,11-12,19H,8-9H2,1-3H3/t11-/m0/s1. The van der Waals surface area contributed by atoms with E-state index in [9.17, 15) is 4.79 Å². The predicted octanol–water partition coefficient (Wildman–Crippen LogP) is 3.85. The molecule has 1 atom stereocenters. The fourth-order valence-corrected chi connectivity index (χ4v) is 4.02. The predicted molar refractivity (Wildman–Crippen MR) is 95.7 cm³/mol. The molecule has 1 aliphatic carbocycles. The summed E-state index contributed by atoms with van der Waals surface area (Å²) in [5, 5.41) is 10.2. The van der Waals surface area contributed by atoms with E-state index in [2.05, 4.69) is 15.2 Å². The molecule has 0 bridgehead atoms. The van der Waals surface area contributed by atoms with Crippen LogP contribution in [-0.4, -0.2) is 30.8 Å². The summed E-state index contributed by atoms with van der Waals surface area (Å²) in [4.78, 5) is 16.3. The third-order valence-corrected chi connectivity index (χ3v) is 5.74. The first-order chi connectivity index (χ1) is 11.6. The Morgan fingerprint density at radius 3 is 2.83 bits per heavy atom. The molecule has 24 heavy (non-hydrogen) atoms. The van der Waals surface area contributed by atoms with Crippen LogP contribution in [0.25, 0.3) is 10.9 Å². The molecular formula is C18H20N4OS. The van der Waals surface area contributed by atoms with Gasteiger partial charge in [0.25, 0.3) is 0 Å². The molecule has 1 saturated carbocycles. The van der Waals surface area contributed by atoms with Gasteiger partial charge in [-0.05, 0) is 32.8 Å². The lowest BCUT2D eigenvalue weighted by Crippen LogP contribution is -2.15. The SMILES string of the molecule is Cc1[nH]c2ccccc2c1C(=O)[C@H](C)Sc1nnc(C2CC2)n1C. The monoisotopic (exact) mass is 340 g/mol. The third kappa shape index (κ3) is 2.55. The number of ketones is 1. The largest absolute Gasteiger partial charge is 0.358 e. The Labute approximate surface area is 144 Å². The highest BCUT2D eigenvalue weighted by Crippen LogP contribution is 2.40. The number of hydrogen-bond acceptors (Lipinski definition) is 4. The summed E-state index contributed by atoms with van der Waals surface area (Å²) in [7, 11) is 1.99. The molecule has 1 fully saturated rings. The summed E-state index contributed by atoms with van der Waals surface area (Å²) in [5.41, 5.74) is 2.71. The van der Waals surface area contributed by atoms with Gasteiger partial charge in [0.1, 0.15) is 5.82 Å². The number of hydrogen-bond donors (Lipinski definition) is 1. The second kappa shape index (κ2) is 5.77. The summed E-state index contributed by atoms with van der Waals surface area (Å²) >= 11 is 1.49. The van der Waals surface area contributed by atoms with Crippen molar-refractivity contribution >= 4 is 28.4 Å². The number of H-pyrrole nitrogens is 1. The van der Waals surface area contributed by atoms with Crippen LogP contribution in [0.1, 0.15) is 47.6 Å². The van der Waals surface area contributed by atoms with Crippen LogP contribution in [-0.2, 0) is 7.05 Å². The molecule has 3 aromatic rings. The van der Waals surface area contributed by atoms with Crippen molar-refractivity contribution < 1.29 is 4.79 Å². The number of aromatic nitrogens is 4. The van der Waals surface area contributed by atoms with Crippen LogP contribution >= 0.6 is 11.8 Å². The average molecular weight is 340 g/mol. The van der Waals surface area contributed by atoms with E-state index in [1.165, 1.54) is 24.6 Å². The van der Waals surface area contributed by atoms with Gasteiger partial charge in [0.2, 0.25) is 0 Å². The second-order valence-electron chi connectivity index (χ2n) is 6.47. The lowest BCUT2D eigenvalue weighted by atomic mass is 10.1. The van der Waals surface area contributed by atoms with Gasteiger partial charge in [0, 0.05) is 35.1 Å².